The number of hydrogen-bond acceptors (Lipinski definition) is 3. The zero-order chi connectivity index (χ0) is 14.8. The second-order valence-corrected chi connectivity index (χ2v) is 5.49. The van der Waals surface area contributed by atoms with Crippen LogP contribution in [0.2, 0.25) is 0 Å². The Labute approximate surface area is 110 Å². The minimum absolute atomic E-state index is 0.171. The van der Waals surface area contributed by atoms with Gasteiger partial charge in [0.25, 0.3) is 0 Å². The standard InChI is InChI=1S/C13H19F3N2O/c1-12(2,3)18-7-11(19)8-4-5-10(17)9(6-8)13(14,15)16/h4-6,11,18-19H,7,17H2,1-3H3. The average molecular weight is 276 g/mol. The van der Waals surface area contributed by atoms with Crippen LogP contribution in [0.3, 0.4) is 0 Å². The number of nitrogens with one attached hydrogen (secondary N) is 1. The first kappa shape index (κ1) is 15.8. The number of aliphatic hydroxyl groups is 1. The Balaban J connectivity index is 2.90. The van der Waals surface area contributed by atoms with Crippen LogP contribution in [-0.2, 0) is 6.18 Å². The summed E-state index contributed by atoms with van der Waals surface area (Å²) in [5.41, 5.74) is 4.02. The van der Waals surface area contributed by atoms with Crippen LogP contribution in [0.1, 0.15) is 38.0 Å². The summed E-state index contributed by atoms with van der Waals surface area (Å²) in [6.07, 6.45) is -5.53. The van der Waals surface area contributed by atoms with Crippen molar-refractivity contribution in [2.45, 2.75) is 38.6 Å². The van der Waals surface area contributed by atoms with Crippen molar-refractivity contribution in [3.05, 3.63) is 29.3 Å². The fourth-order valence-electron chi connectivity index (χ4n) is 1.55. The topological polar surface area (TPSA) is 58.3 Å². The van der Waals surface area contributed by atoms with Crippen LogP contribution in [0.5, 0.6) is 0 Å². The number of nitrogen functional groups attached to an aromatic ring is 1. The lowest BCUT2D eigenvalue weighted by molar-refractivity contribution is -0.137. The number of anilines is 1. The van der Waals surface area contributed by atoms with E-state index in [-0.39, 0.29) is 23.3 Å². The van der Waals surface area contributed by atoms with Gasteiger partial charge in [-0.15, -0.1) is 0 Å². The third-order valence-corrected chi connectivity index (χ3v) is 2.59. The molecule has 0 amide bonds. The van der Waals surface area contributed by atoms with Crippen LogP contribution in [0.15, 0.2) is 18.2 Å². The molecule has 108 valence electrons. The van der Waals surface area contributed by atoms with Crippen molar-refractivity contribution in [3.8, 4) is 0 Å². The van der Waals surface area contributed by atoms with Crippen molar-refractivity contribution >= 4 is 5.69 Å². The second-order valence-electron chi connectivity index (χ2n) is 5.49. The maximum Gasteiger partial charge on any atom is 0.418 e. The third-order valence-electron chi connectivity index (χ3n) is 2.59. The van der Waals surface area contributed by atoms with Gasteiger partial charge >= 0.3 is 6.18 Å². The molecule has 0 bridgehead atoms. The van der Waals surface area contributed by atoms with E-state index in [0.29, 0.717) is 0 Å². The maximum atomic E-state index is 12.7. The van der Waals surface area contributed by atoms with Gasteiger partial charge in [0.05, 0.1) is 11.7 Å². The number of hydrogen-bond donors (Lipinski definition) is 3. The van der Waals surface area contributed by atoms with Gasteiger partial charge < -0.3 is 16.2 Å². The highest BCUT2D eigenvalue weighted by Crippen LogP contribution is 2.35. The molecule has 19 heavy (non-hydrogen) atoms. The van der Waals surface area contributed by atoms with Crippen LogP contribution < -0.4 is 11.1 Å². The molecular weight excluding hydrogens is 257 g/mol. The Kier molecular flexibility index (Phi) is 4.47. The van der Waals surface area contributed by atoms with E-state index in [4.69, 9.17) is 5.73 Å². The monoisotopic (exact) mass is 276 g/mol. The van der Waals surface area contributed by atoms with E-state index < -0.39 is 17.8 Å². The molecule has 0 saturated carbocycles. The van der Waals surface area contributed by atoms with Gasteiger partial charge in [-0.3, -0.25) is 0 Å². The molecule has 6 heteroatoms. The summed E-state index contributed by atoms with van der Waals surface area (Å²) in [6.45, 7) is 5.89. The van der Waals surface area contributed by atoms with E-state index in [1.807, 2.05) is 20.8 Å². The molecule has 0 saturated heterocycles. The summed E-state index contributed by atoms with van der Waals surface area (Å²) in [4.78, 5) is 0. The number of benzene rings is 1. The van der Waals surface area contributed by atoms with Crippen molar-refractivity contribution in [1.82, 2.24) is 5.32 Å². The molecule has 1 atom stereocenters. The molecule has 1 unspecified atom stereocenters. The molecule has 0 aliphatic rings. The Hall–Kier alpha value is -1.27. The van der Waals surface area contributed by atoms with E-state index >= 15 is 0 Å². The highest BCUT2D eigenvalue weighted by Gasteiger charge is 2.33. The summed E-state index contributed by atoms with van der Waals surface area (Å²) >= 11 is 0. The molecule has 1 aromatic carbocycles. The molecule has 0 heterocycles. The first-order valence-corrected chi connectivity index (χ1v) is 5.90. The lowest BCUT2D eigenvalue weighted by atomic mass is 10.0. The number of β-amino-alcohol motifs (C(OH)–C–C–N with tert-alkyl or cyclic N) is 1. The molecule has 0 aliphatic heterocycles. The van der Waals surface area contributed by atoms with Crippen LogP contribution in [0.25, 0.3) is 0 Å². The molecule has 1 rings (SSSR count). The smallest absolute Gasteiger partial charge is 0.398 e. The second kappa shape index (κ2) is 5.38. The Morgan fingerprint density at radius 2 is 1.84 bits per heavy atom. The zero-order valence-electron chi connectivity index (χ0n) is 11.2. The largest absolute Gasteiger partial charge is 0.418 e. The van der Waals surface area contributed by atoms with Crippen molar-refractivity contribution in [2.75, 3.05) is 12.3 Å². The molecule has 0 aliphatic carbocycles. The minimum Gasteiger partial charge on any atom is -0.398 e. The first-order chi connectivity index (χ1) is 8.50. The third kappa shape index (κ3) is 4.72. The number of nitrogens with two attached hydrogens (primary N) is 1. The van der Waals surface area contributed by atoms with E-state index in [1.165, 1.54) is 12.1 Å². The lowest BCUT2D eigenvalue weighted by Crippen LogP contribution is -2.38. The molecule has 3 nitrogen and oxygen atoms in total. The Morgan fingerprint density at radius 1 is 1.26 bits per heavy atom. The van der Waals surface area contributed by atoms with Gasteiger partial charge in [0.2, 0.25) is 0 Å². The number of alkyl halides is 3. The predicted molar refractivity (Wildman–Crippen MR) is 68.6 cm³/mol. The highest BCUT2D eigenvalue weighted by atomic mass is 19.4. The van der Waals surface area contributed by atoms with E-state index in [9.17, 15) is 18.3 Å². The number of aliphatic hydroxyl groups excluding tert-OH is 1. The molecule has 0 aromatic heterocycles. The summed E-state index contributed by atoms with van der Waals surface area (Å²) in [6, 6.07) is 3.46. The predicted octanol–water partition coefficient (Wildman–Crippen LogP) is 2.71. The van der Waals surface area contributed by atoms with E-state index in [2.05, 4.69) is 5.32 Å². The van der Waals surface area contributed by atoms with Crippen molar-refractivity contribution < 1.29 is 18.3 Å². The van der Waals surface area contributed by atoms with Gasteiger partial charge in [-0.25, -0.2) is 0 Å². The first-order valence-electron chi connectivity index (χ1n) is 5.90. The molecule has 0 spiro atoms. The average Bonchev–Trinajstić information content (AvgIpc) is 2.24. The SMILES string of the molecule is CC(C)(C)NCC(O)c1ccc(N)c(C(F)(F)F)c1. The molecule has 1 aromatic rings. The van der Waals surface area contributed by atoms with Crippen LogP contribution in [0, 0.1) is 0 Å². The van der Waals surface area contributed by atoms with E-state index in [0.717, 1.165) is 6.07 Å². The van der Waals surface area contributed by atoms with Gasteiger partial charge in [0, 0.05) is 17.8 Å². The Bertz CT molecular complexity index is 438. The molecular formula is C13H19F3N2O. The van der Waals surface area contributed by atoms with Gasteiger partial charge in [-0.1, -0.05) is 6.07 Å². The van der Waals surface area contributed by atoms with Gasteiger partial charge in [-0.2, -0.15) is 13.2 Å². The zero-order valence-corrected chi connectivity index (χ0v) is 11.2. The summed E-state index contributed by atoms with van der Waals surface area (Å²) in [5.74, 6) is 0. The highest BCUT2D eigenvalue weighted by molar-refractivity contribution is 5.50. The minimum atomic E-state index is -4.52. The number of rotatable bonds is 3. The van der Waals surface area contributed by atoms with Crippen LogP contribution >= 0.6 is 0 Å². The van der Waals surface area contributed by atoms with Crippen molar-refractivity contribution in [2.24, 2.45) is 0 Å². The fraction of sp³-hybridized carbons (Fsp3) is 0.538. The Morgan fingerprint density at radius 3 is 2.32 bits per heavy atom. The van der Waals surface area contributed by atoms with E-state index in [1.54, 1.807) is 0 Å². The summed E-state index contributed by atoms with van der Waals surface area (Å²) in [5, 5.41) is 12.9. The number of halogens is 3. The quantitative estimate of drug-likeness (QED) is 0.744. The van der Waals surface area contributed by atoms with Gasteiger partial charge in [0.1, 0.15) is 0 Å². The van der Waals surface area contributed by atoms with Crippen LogP contribution in [-0.4, -0.2) is 17.2 Å². The van der Waals surface area contributed by atoms with Crippen molar-refractivity contribution in [3.63, 3.8) is 0 Å². The van der Waals surface area contributed by atoms with Crippen LogP contribution in [0.4, 0.5) is 18.9 Å². The maximum absolute atomic E-state index is 12.7. The normalized spacial score (nSPS) is 14.5. The molecule has 0 radical (unpaired) electrons. The summed E-state index contributed by atoms with van der Waals surface area (Å²) in [7, 11) is 0. The summed E-state index contributed by atoms with van der Waals surface area (Å²) < 4.78 is 38.1. The lowest BCUT2D eigenvalue weighted by Gasteiger charge is -2.23. The van der Waals surface area contributed by atoms with Crippen molar-refractivity contribution in [1.29, 1.82) is 0 Å². The molecule has 0 fully saturated rings. The van der Waals surface area contributed by atoms with Gasteiger partial charge in [0.15, 0.2) is 0 Å². The fourth-order valence-corrected chi connectivity index (χ4v) is 1.55. The van der Waals surface area contributed by atoms with Gasteiger partial charge in [-0.05, 0) is 38.5 Å². The molecule has 4 N–H and O–H groups in total.